The molecule has 0 radical (unpaired) electrons. The number of nitrogens with zero attached hydrogens (tertiary/aromatic N) is 2. The first-order valence-electron chi connectivity index (χ1n) is 6.78. The fourth-order valence-electron chi connectivity index (χ4n) is 2.45. The molecule has 0 saturated carbocycles. The van der Waals surface area contributed by atoms with E-state index in [0.29, 0.717) is 11.6 Å². The number of nitro groups is 1. The van der Waals surface area contributed by atoms with Gasteiger partial charge < -0.3 is 10.2 Å². The zero-order valence-corrected chi connectivity index (χ0v) is 11.8. The third-order valence-electron chi connectivity index (χ3n) is 3.63. The second kappa shape index (κ2) is 5.90. The molecule has 1 saturated heterocycles. The van der Waals surface area contributed by atoms with Crippen molar-refractivity contribution in [1.82, 2.24) is 0 Å². The first kappa shape index (κ1) is 14.3. The second-order valence-electron chi connectivity index (χ2n) is 5.31. The predicted octanol–water partition coefficient (Wildman–Crippen LogP) is 2.79. The minimum atomic E-state index is -0.451. The summed E-state index contributed by atoms with van der Waals surface area (Å²) >= 11 is 0. The minimum Gasteiger partial charge on any atom is -0.370 e. The molecule has 0 aliphatic carbocycles. The Labute approximate surface area is 117 Å². The molecule has 6 nitrogen and oxygen atoms in total. The van der Waals surface area contributed by atoms with Gasteiger partial charge in [-0.05, 0) is 24.8 Å². The van der Waals surface area contributed by atoms with E-state index in [1.807, 2.05) is 0 Å². The van der Waals surface area contributed by atoms with E-state index in [9.17, 15) is 14.9 Å². The Balaban J connectivity index is 2.30. The second-order valence-corrected chi connectivity index (χ2v) is 5.31. The monoisotopic (exact) mass is 277 g/mol. The lowest BCUT2D eigenvalue weighted by Gasteiger charge is -2.33. The van der Waals surface area contributed by atoms with Gasteiger partial charge >= 0.3 is 0 Å². The number of rotatable bonds is 3. The molecule has 108 valence electrons. The zero-order chi connectivity index (χ0) is 14.7. The van der Waals surface area contributed by atoms with Gasteiger partial charge in [-0.15, -0.1) is 0 Å². The van der Waals surface area contributed by atoms with Gasteiger partial charge in [0.2, 0.25) is 5.91 Å². The number of hydrogen-bond acceptors (Lipinski definition) is 4. The molecule has 1 amide bonds. The van der Waals surface area contributed by atoms with E-state index in [2.05, 4.69) is 17.1 Å². The van der Waals surface area contributed by atoms with Crippen LogP contribution in [0.1, 0.15) is 26.7 Å². The molecule has 1 heterocycles. The lowest BCUT2D eigenvalue weighted by Crippen LogP contribution is -2.33. The Morgan fingerprint density at radius 2 is 2.05 bits per heavy atom. The first-order valence-corrected chi connectivity index (χ1v) is 6.78. The Hall–Kier alpha value is -2.11. The molecule has 6 heteroatoms. The standard InChI is InChI=1S/C14H19N3O3/c1-10-5-7-16(8-6-10)14-4-3-12(17(19)20)9-13(14)15-11(2)18/h3-4,9-10H,5-8H2,1-2H3,(H,15,18). The summed E-state index contributed by atoms with van der Waals surface area (Å²) in [5.74, 6) is 0.477. The molecule has 0 aromatic heterocycles. The molecule has 20 heavy (non-hydrogen) atoms. The lowest BCUT2D eigenvalue weighted by atomic mass is 9.98. The third kappa shape index (κ3) is 3.26. The van der Waals surface area contributed by atoms with Crippen LogP contribution >= 0.6 is 0 Å². The van der Waals surface area contributed by atoms with Gasteiger partial charge in [0.15, 0.2) is 0 Å². The number of carbonyl (C=O) groups is 1. The largest absolute Gasteiger partial charge is 0.370 e. The summed E-state index contributed by atoms with van der Waals surface area (Å²) in [5, 5.41) is 13.5. The zero-order valence-electron chi connectivity index (χ0n) is 11.8. The van der Waals surface area contributed by atoms with Crippen LogP contribution in [-0.2, 0) is 4.79 Å². The summed E-state index contributed by atoms with van der Waals surface area (Å²) in [6.45, 7) is 5.44. The van der Waals surface area contributed by atoms with Crippen LogP contribution in [0.3, 0.4) is 0 Å². The Morgan fingerprint density at radius 3 is 2.60 bits per heavy atom. The predicted molar refractivity (Wildman–Crippen MR) is 78.0 cm³/mol. The van der Waals surface area contributed by atoms with Gasteiger partial charge in [-0.2, -0.15) is 0 Å². The van der Waals surface area contributed by atoms with E-state index < -0.39 is 4.92 Å². The molecular weight excluding hydrogens is 258 g/mol. The van der Waals surface area contributed by atoms with Crippen molar-refractivity contribution in [3.63, 3.8) is 0 Å². The van der Waals surface area contributed by atoms with E-state index in [0.717, 1.165) is 31.6 Å². The maximum absolute atomic E-state index is 11.3. The summed E-state index contributed by atoms with van der Waals surface area (Å²) in [7, 11) is 0. The van der Waals surface area contributed by atoms with Crippen molar-refractivity contribution in [2.45, 2.75) is 26.7 Å². The number of hydrogen-bond donors (Lipinski definition) is 1. The van der Waals surface area contributed by atoms with Crippen molar-refractivity contribution in [2.75, 3.05) is 23.3 Å². The van der Waals surface area contributed by atoms with Crippen molar-refractivity contribution in [1.29, 1.82) is 0 Å². The van der Waals surface area contributed by atoms with Gasteiger partial charge in [0, 0.05) is 32.1 Å². The van der Waals surface area contributed by atoms with Gasteiger partial charge in [0.1, 0.15) is 0 Å². The van der Waals surface area contributed by atoms with E-state index in [1.165, 1.54) is 19.1 Å². The van der Waals surface area contributed by atoms with Crippen molar-refractivity contribution in [3.8, 4) is 0 Å². The maximum atomic E-state index is 11.3. The maximum Gasteiger partial charge on any atom is 0.271 e. The van der Waals surface area contributed by atoms with Gasteiger partial charge in [0.05, 0.1) is 16.3 Å². The third-order valence-corrected chi connectivity index (χ3v) is 3.63. The highest BCUT2D eigenvalue weighted by molar-refractivity contribution is 5.93. The molecule has 0 spiro atoms. The van der Waals surface area contributed by atoms with Crippen LogP contribution in [0, 0.1) is 16.0 Å². The number of piperidine rings is 1. The Morgan fingerprint density at radius 1 is 1.40 bits per heavy atom. The summed E-state index contributed by atoms with van der Waals surface area (Å²) in [5.41, 5.74) is 1.36. The number of anilines is 2. The summed E-state index contributed by atoms with van der Waals surface area (Å²) in [6.07, 6.45) is 2.19. The molecule has 1 aliphatic rings. The van der Waals surface area contributed by atoms with Crippen LogP contribution in [0.4, 0.5) is 17.1 Å². The van der Waals surface area contributed by atoms with Gasteiger partial charge in [-0.25, -0.2) is 0 Å². The van der Waals surface area contributed by atoms with Crippen molar-refractivity contribution in [2.24, 2.45) is 5.92 Å². The fraction of sp³-hybridized carbons (Fsp3) is 0.500. The van der Waals surface area contributed by atoms with E-state index in [4.69, 9.17) is 0 Å². The molecule has 1 aliphatic heterocycles. The van der Waals surface area contributed by atoms with Crippen LogP contribution in [0.25, 0.3) is 0 Å². The number of non-ortho nitro benzene ring substituents is 1. The number of amides is 1. The number of carbonyl (C=O) groups excluding carboxylic acids is 1. The molecular formula is C14H19N3O3. The molecule has 1 aromatic carbocycles. The molecule has 1 N–H and O–H groups in total. The fourth-order valence-corrected chi connectivity index (χ4v) is 2.45. The van der Waals surface area contributed by atoms with Crippen LogP contribution in [-0.4, -0.2) is 23.9 Å². The van der Waals surface area contributed by atoms with Gasteiger partial charge in [-0.1, -0.05) is 6.92 Å². The highest BCUT2D eigenvalue weighted by atomic mass is 16.6. The Bertz CT molecular complexity index is 522. The summed E-state index contributed by atoms with van der Waals surface area (Å²) < 4.78 is 0. The number of benzene rings is 1. The topological polar surface area (TPSA) is 75.5 Å². The smallest absolute Gasteiger partial charge is 0.271 e. The number of nitrogens with one attached hydrogen (secondary N) is 1. The molecule has 0 bridgehead atoms. The van der Waals surface area contributed by atoms with Crippen LogP contribution in [0.15, 0.2) is 18.2 Å². The summed E-state index contributed by atoms with van der Waals surface area (Å²) in [4.78, 5) is 23.9. The van der Waals surface area contributed by atoms with Crippen LogP contribution in [0.5, 0.6) is 0 Å². The normalized spacial score (nSPS) is 16.0. The molecule has 1 fully saturated rings. The van der Waals surface area contributed by atoms with Crippen molar-refractivity contribution >= 4 is 23.0 Å². The van der Waals surface area contributed by atoms with Crippen molar-refractivity contribution in [3.05, 3.63) is 28.3 Å². The van der Waals surface area contributed by atoms with Crippen molar-refractivity contribution < 1.29 is 9.72 Å². The first-order chi connectivity index (χ1) is 9.47. The minimum absolute atomic E-state index is 0.0112. The van der Waals surface area contributed by atoms with E-state index in [-0.39, 0.29) is 11.6 Å². The average molecular weight is 277 g/mol. The number of nitro benzene ring substituents is 1. The van der Waals surface area contributed by atoms with Crippen LogP contribution in [0.2, 0.25) is 0 Å². The highest BCUT2D eigenvalue weighted by Crippen LogP contribution is 2.32. The molecule has 2 rings (SSSR count). The average Bonchev–Trinajstić information content (AvgIpc) is 2.39. The SMILES string of the molecule is CC(=O)Nc1cc([N+](=O)[O-])ccc1N1CCC(C)CC1. The molecule has 0 atom stereocenters. The van der Waals surface area contributed by atoms with Gasteiger partial charge in [-0.3, -0.25) is 14.9 Å². The molecule has 0 unspecified atom stereocenters. The lowest BCUT2D eigenvalue weighted by molar-refractivity contribution is -0.384. The summed E-state index contributed by atoms with van der Waals surface area (Å²) in [6, 6.07) is 4.63. The van der Waals surface area contributed by atoms with Gasteiger partial charge in [0.25, 0.3) is 5.69 Å². The highest BCUT2D eigenvalue weighted by Gasteiger charge is 2.20. The molecule has 1 aromatic rings. The van der Waals surface area contributed by atoms with E-state index >= 15 is 0 Å². The Kier molecular flexibility index (Phi) is 4.22. The quantitative estimate of drug-likeness (QED) is 0.681. The van der Waals surface area contributed by atoms with Crippen LogP contribution < -0.4 is 10.2 Å². The van der Waals surface area contributed by atoms with E-state index in [1.54, 1.807) is 6.07 Å².